The smallest absolute Gasteiger partial charge is 0.240 e. The van der Waals surface area contributed by atoms with E-state index >= 15 is 0 Å². The first kappa shape index (κ1) is 23.4. The minimum Gasteiger partial charge on any atom is -0.454 e. The van der Waals surface area contributed by atoms with Crippen LogP contribution >= 0.6 is 0 Å². The van der Waals surface area contributed by atoms with Crippen molar-refractivity contribution < 1.29 is 24.1 Å². The largest absolute Gasteiger partial charge is 0.454 e. The second-order valence-electron chi connectivity index (χ2n) is 9.02. The molecule has 0 unspecified atom stereocenters. The van der Waals surface area contributed by atoms with E-state index in [0.29, 0.717) is 23.6 Å². The molecular formula is C27H30N2O5S. The summed E-state index contributed by atoms with van der Waals surface area (Å²) < 4.78 is 38.0. The molecule has 1 fully saturated rings. The zero-order valence-electron chi connectivity index (χ0n) is 20.0. The molecule has 0 aromatic heterocycles. The Morgan fingerprint density at radius 3 is 2.51 bits per heavy atom. The zero-order valence-corrected chi connectivity index (χ0v) is 20.8. The van der Waals surface area contributed by atoms with Crippen LogP contribution in [0.1, 0.15) is 37.9 Å². The topological polar surface area (TPSA) is 93.7 Å². The molecule has 0 spiro atoms. The lowest BCUT2D eigenvalue weighted by Crippen LogP contribution is -2.27. The van der Waals surface area contributed by atoms with Crippen molar-refractivity contribution >= 4 is 21.6 Å². The quantitative estimate of drug-likeness (QED) is 0.493. The standard InChI is InChI=1S/C27H28N2O5S.H2/c1-4-18-13-19(6-10-25(18)35(31,32)28-3)22-15-21(8-5-17(22)2)29-26(30)27(11-12-27)20-7-9-23-24(14-20)34-16-33-23;/h5-10,13-15,28H,4,11-12,16H2,1-3H3,(H,29,30);1H. The Bertz CT molecular complexity index is 1430. The van der Waals surface area contributed by atoms with Crippen molar-refractivity contribution in [2.45, 2.75) is 43.4 Å². The number of sulfonamides is 1. The Labute approximate surface area is 207 Å². The Hall–Kier alpha value is -3.36. The average Bonchev–Trinajstić information content (AvgIpc) is 3.55. The molecule has 0 radical (unpaired) electrons. The van der Waals surface area contributed by atoms with Crippen LogP contribution in [0.25, 0.3) is 11.1 Å². The molecule has 0 saturated heterocycles. The van der Waals surface area contributed by atoms with Gasteiger partial charge in [-0.2, -0.15) is 0 Å². The number of fused-ring (bicyclic) bond motifs is 1. The number of nitrogens with one attached hydrogen (secondary N) is 2. The van der Waals surface area contributed by atoms with Gasteiger partial charge < -0.3 is 14.8 Å². The van der Waals surface area contributed by atoms with Gasteiger partial charge in [0, 0.05) is 7.11 Å². The van der Waals surface area contributed by atoms with Crippen LogP contribution in [0.2, 0.25) is 0 Å². The summed E-state index contributed by atoms with van der Waals surface area (Å²) in [5.41, 5.74) is 4.69. The van der Waals surface area contributed by atoms with Crippen LogP contribution in [0.3, 0.4) is 0 Å². The number of rotatable bonds is 7. The van der Waals surface area contributed by atoms with E-state index < -0.39 is 15.4 Å². The molecule has 8 heteroatoms. The molecule has 0 bridgehead atoms. The Kier molecular flexibility index (Phi) is 5.81. The molecule has 1 saturated carbocycles. The Morgan fingerprint density at radius 2 is 1.80 bits per heavy atom. The van der Waals surface area contributed by atoms with Gasteiger partial charge in [0.2, 0.25) is 22.7 Å². The number of hydrogen-bond acceptors (Lipinski definition) is 5. The molecule has 184 valence electrons. The van der Waals surface area contributed by atoms with Gasteiger partial charge in [0.25, 0.3) is 0 Å². The summed E-state index contributed by atoms with van der Waals surface area (Å²) in [6, 6.07) is 16.9. The van der Waals surface area contributed by atoms with E-state index in [1.54, 1.807) is 6.07 Å². The van der Waals surface area contributed by atoms with Gasteiger partial charge in [0.15, 0.2) is 11.5 Å². The van der Waals surface area contributed by atoms with Crippen molar-refractivity contribution in [2.24, 2.45) is 0 Å². The van der Waals surface area contributed by atoms with Gasteiger partial charge in [0.05, 0.1) is 10.3 Å². The van der Waals surface area contributed by atoms with Gasteiger partial charge in [-0.25, -0.2) is 13.1 Å². The van der Waals surface area contributed by atoms with E-state index in [1.165, 1.54) is 7.05 Å². The first-order chi connectivity index (χ1) is 16.8. The van der Waals surface area contributed by atoms with Crippen LogP contribution in [-0.2, 0) is 26.7 Å². The summed E-state index contributed by atoms with van der Waals surface area (Å²) in [6.45, 7) is 4.13. The predicted molar refractivity (Wildman–Crippen MR) is 136 cm³/mol. The maximum Gasteiger partial charge on any atom is 0.240 e. The highest BCUT2D eigenvalue weighted by Crippen LogP contribution is 2.51. The van der Waals surface area contributed by atoms with Crippen molar-refractivity contribution in [1.82, 2.24) is 4.72 Å². The molecule has 3 aromatic rings. The SMILES string of the molecule is CCc1cc(-c2cc(NC(=O)C3(c4ccc5c(c4)OCO5)CC3)ccc2C)ccc1S(=O)(=O)NC.[HH]. The van der Waals surface area contributed by atoms with Gasteiger partial charge in [0.1, 0.15) is 0 Å². The van der Waals surface area contributed by atoms with E-state index in [1.807, 2.05) is 62.4 Å². The number of anilines is 1. The fraction of sp³-hybridized carbons (Fsp3) is 0.296. The normalized spacial score (nSPS) is 15.6. The number of benzene rings is 3. The minimum atomic E-state index is -3.54. The molecule has 1 heterocycles. The van der Waals surface area contributed by atoms with Crippen LogP contribution < -0.4 is 19.5 Å². The highest BCUT2D eigenvalue weighted by molar-refractivity contribution is 7.89. The fourth-order valence-electron chi connectivity index (χ4n) is 4.62. The summed E-state index contributed by atoms with van der Waals surface area (Å²) in [6.07, 6.45) is 2.13. The van der Waals surface area contributed by atoms with Crippen molar-refractivity contribution in [3.05, 3.63) is 71.3 Å². The zero-order chi connectivity index (χ0) is 24.8. The van der Waals surface area contributed by atoms with Gasteiger partial charge in [-0.05, 0) is 97.4 Å². The highest BCUT2D eigenvalue weighted by atomic mass is 32.2. The molecule has 1 aliphatic heterocycles. The fourth-order valence-corrected chi connectivity index (χ4v) is 5.64. The third-order valence-electron chi connectivity index (χ3n) is 6.92. The number of hydrogen-bond donors (Lipinski definition) is 2. The third-order valence-corrected chi connectivity index (χ3v) is 8.43. The van der Waals surface area contributed by atoms with Gasteiger partial charge in [-0.15, -0.1) is 0 Å². The Morgan fingerprint density at radius 1 is 1.03 bits per heavy atom. The lowest BCUT2D eigenvalue weighted by molar-refractivity contribution is -0.118. The lowest BCUT2D eigenvalue weighted by Gasteiger charge is -2.18. The molecule has 7 nitrogen and oxygen atoms in total. The van der Waals surface area contributed by atoms with Crippen molar-refractivity contribution in [2.75, 3.05) is 19.2 Å². The minimum absolute atomic E-state index is 0. The van der Waals surface area contributed by atoms with E-state index in [9.17, 15) is 13.2 Å². The van der Waals surface area contributed by atoms with E-state index in [4.69, 9.17) is 9.47 Å². The summed E-state index contributed by atoms with van der Waals surface area (Å²) in [5.74, 6) is 1.33. The second-order valence-corrected chi connectivity index (χ2v) is 10.9. The molecule has 2 aliphatic rings. The van der Waals surface area contributed by atoms with Gasteiger partial charge >= 0.3 is 0 Å². The maximum absolute atomic E-state index is 13.4. The highest BCUT2D eigenvalue weighted by Gasteiger charge is 2.51. The molecule has 0 atom stereocenters. The molecule has 1 aliphatic carbocycles. The summed E-state index contributed by atoms with van der Waals surface area (Å²) >= 11 is 0. The molecule has 1 amide bonds. The Balaban J connectivity index is 0.00000304. The molecule has 3 aromatic carbocycles. The summed E-state index contributed by atoms with van der Waals surface area (Å²) in [5, 5.41) is 3.10. The van der Waals surface area contributed by atoms with Crippen LogP contribution in [0.4, 0.5) is 5.69 Å². The van der Waals surface area contributed by atoms with E-state index in [-0.39, 0.29) is 19.0 Å². The number of ether oxygens (including phenoxy) is 2. The average molecular weight is 495 g/mol. The molecule has 2 N–H and O–H groups in total. The summed E-state index contributed by atoms with van der Waals surface area (Å²) in [7, 11) is -2.13. The number of amides is 1. The van der Waals surface area contributed by atoms with Crippen LogP contribution in [-0.4, -0.2) is 28.2 Å². The third kappa shape index (κ3) is 4.17. The number of aryl methyl sites for hydroxylation is 2. The molecular weight excluding hydrogens is 464 g/mol. The number of carbonyl (C=O) groups is 1. The molecule has 35 heavy (non-hydrogen) atoms. The summed E-state index contributed by atoms with van der Waals surface area (Å²) in [4.78, 5) is 13.6. The van der Waals surface area contributed by atoms with E-state index in [0.717, 1.165) is 40.7 Å². The second kappa shape index (κ2) is 8.70. The van der Waals surface area contributed by atoms with Crippen LogP contribution in [0, 0.1) is 6.92 Å². The van der Waals surface area contributed by atoms with Gasteiger partial charge in [-0.1, -0.05) is 25.1 Å². The first-order valence-electron chi connectivity index (χ1n) is 11.7. The maximum atomic E-state index is 13.4. The van der Waals surface area contributed by atoms with Crippen molar-refractivity contribution in [3.8, 4) is 22.6 Å². The monoisotopic (exact) mass is 494 g/mol. The molecule has 5 rings (SSSR count). The lowest BCUT2D eigenvalue weighted by atomic mass is 9.94. The van der Waals surface area contributed by atoms with Crippen molar-refractivity contribution in [3.63, 3.8) is 0 Å². The first-order valence-corrected chi connectivity index (χ1v) is 13.1. The van der Waals surface area contributed by atoms with Crippen molar-refractivity contribution in [1.29, 1.82) is 0 Å². The number of carbonyl (C=O) groups excluding carboxylic acids is 1. The van der Waals surface area contributed by atoms with Crippen LogP contribution in [0.15, 0.2) is 59.5 Å². The van der Waals surface area contributed by atoms with E-state index in [2.05, 4.69) is 10.0 Å². The predicted octanol–water partition coefficient (Wildman–Crippen LogP) is 4.78. The van der Waals surface area contributed by atoms with Gasteiger partial charge in [-0.3, -0.25) is 4.79 Å². The van der Waals surface area contributed by atoms with Crippen LogP contribution in [0.5, 0.6) is 11.5 Å².